The molecule has 6 heteroatoms. The van der Waals surface area contributed by atoms with Crippen LogP contribution in [-0.2, 0) is 11.2 Å². The molecular weight excluding hydrogens is 321 g/mol. The second kappa shape index (κ2) is 6.29. The van der Waals surface area contributed by atoms with Gasteiger partial charge in [-0.1, -0.05) is 18.2 Å². The summed E-state index contributed by atoms with van der Waals surface area (Å²) in [4.78, 5) is 18.9. The first kappa shape index (κ1) is 15.8. The average molecular weight is 339 g/mol. The molecule has 1 amide bonds. The van der Waals surface area contributed by atoms with Gasteiger partial charge in [-0.3, -0.25) is 4.79 Å². The maximum absolute atomic E-state index is 13.5. The summed E-state index contributed by atoms with van der Waals surface area (Å²) in [5, 5.41) is 10.0. The highest BCUT2D eigenvalue weighted by Gasteiger charge is 2.35. The first-order valence-corrected chi connectivity index (χ1v) is 8.26. The van der Waals surface area contributed by atoms with Crippen molar-refractivity contribution in [2.45, 2.75) is 25.0 Å². The van der Waals surface area contributed by atoms with Crippen LogP contribution in [0, 0.1) is 5.82 Å². The standard InChI is InChI=1S/C19H18FN3O2/c20-14-5-3-4-13(8-14)17-10-16(24)12-23(17)19(25)9-15-11-22-7-2-1-6-18(22)21-15/h1-8,11,16-17,24H,9-10,12H2/t16-,17+/m0/s1. The Labute approximate surface area is 144 Å². The lowest BCUT2D eigenvalue weighted by Gasteiger charge is -2.24. The summed E-state index contributed by atoms with van der Waals surface area (Å²) < 4.78 is 15.4. The topological polar surface area (TPSA) is 57.8 Å². The van der Waals surface area contributed by atoms with E-state index in [1.165, 1.54) is 12.1 Å². The zero-order valence-electron chi connectivity index (χ0n) is 13.5. The third-order valence-electron chi connectivity index (χ3n) is 4.58. The maximum Gasteiger partial charge on any atom is 0.229 e. The molecule has 5 nitrogen and oxygen atoms in total. The van der Waals surface area contributed by atoms with Crippen molar-refractivity contribution in [1.82, 2.24) is 14.3 Å². The number of rotatable bonds is 3. The van der Waals surface area contributed by atoms with E-state index in [1.807, 2.05) is 35.0 Å². The number of likely N-dealkylation sites (tertiary alicyclic amines) is 1. The number of hydrogen-bond acceptors (Lipinski definition) is 3. The van der Waals surface area contributed by atoms with E-state index >= 15 is 0 Å². The highest BCUT2D eigenvalue weighted by molar-refractivity contribution is 5.79. The molecule has 4 rings (SSSR count). The summed E-state index contributed by atoms with van der Waals surface area (Å²) >= 11 is 0. The fourth-order valence-electron chi connectivity index (χ4n) is 3.45. The van der Waals surface area contributed by atoms with Crippen LogP contribution in [0.25, 0.3) is 5.65 Å². The van der Waals surface area contributed by atoms with E-state index in [1.54, 1.807) is 17.0 Å². The zero-order valence-corrected chi connectivity index (χ0v) is 13.5. The largest absolute Gasteiger partial charge is 0.391 e. The molecule has 2 atom stereocenters. The molecule has 0 spiro atoms. The van der Waals surface area contributed by atoms with Gasteiger partial charge in [0.25, 0.3) is 0 Å². The number of imidazole rings is 1. The highest BCUT2D eigenvalue weighted by Crippen LogP contribution is 2.33. The van der Waals surface area contributed by atoms with Crippen LogP contribution in [-0.4, -0.2) is 37.9 Å². The van der Waals surface area contributed by atoms with Crippen LogP contribution in [0.15, 0.2) is 54.9 Å². The number of aliphatic hydroxyl groups is 1. The number of pyridine rings is 1. The summed E-state index contributed by atoms with van der Waals surface area (Å²) in [6, 6.07) is 11.6. The first-order valence-electron chi connectivity index (χ1n) is 8.26. The van der Waals surface area contributed by atoms with Crippen LogP contribution >= 0.6 is 0 Å². The van der Waals surface area contributed by atoms with E-state index in [0.29, 0.717) is 17.7 Å². The van der Waals surface area contributed by atoms with E-state index in [-0.39, 0.29) is 30.7 Å². The zero-order chi connectivity index (χ0) is 17.4. The molecule has 1 aromatic carbocycles. The number of fused-ring (bicyclic) bond motifs is 1. The molecular formula is C19H18FN3O2. The molecule has 2 aromatic heterocycles. The summed E-state index contributed by atoms with van der Waals surface area (Å²) in [5.41, 5.74) is 2.17. The molecule has 0 saturated carbocycles. The molecule has 1 aliphatic heterocycles. The SMILES string of the molecule is O=C(Cc1cn2ccccc2n1)N1C[C@@H](O)C[C@@H]1c1cccc(F)c1. The van der Waals surface area contributed by atoms with E-state index < -0.39 is 6.10 Å². The van der Waals surface area contributed by atoms with Crippen LogP contribution < -0.4 is 0 Å². The smallest absolute Gasteiger partial charge is 0.229 e. The lowest BCUT2D eigenvalue weighted by atomic mass is 10.0. The molecule has 1 saturated heterocycles. The minimum atomic E-state index is -0.599. The van der Waals surface area contributed by atoms with Gasteiger partial charge in [0.1, 0.15) is 11.5 Å². The molecule has 1 fully saturated rings. The summed E-state index contributed by atoms with van der Waals surface area (Å²) in [6.45, 7) is 0.257. The van der Waals surface area contributed by atoms with Crippen molar-refractivity contribution in [2.75, 3.05) is 6.54 Å². The van der Waals surface area contributed by atoms with Crippen molar-refractivity contribution < 1.29 is 14.3 Å². The number of carbonyl (C=O) groups excluding carboxylic acids is 1. The first-order chi connectivity index (χ1) is 12.1. The highest BCUT2D eigenvalue weighted by atomic mass is 19.1. The number of β-amino-alcohol motifs (C(OH)–C–C–N with tert-alkyl or cyclic N) is 1. The molecule has 0 unspecified atom stereocenters. The average Bonchev–Trinajstić information content (AvgIpc) is 3.17. The molecule has 25 heavy (non-hydrogen) atoms. The predicted molar refractivity (Wildman–Crippen MR) is 90.4 cm³/mol. The van der Waals surface area contributed by atoms with Gasteiger partial charge in [0.15, 0.2) is 0 Å². The second-order valence-corrected chi connectivity index (χ2v) is 6.38. The van der Waals surface area contributed by atoms with Gasteiger partial charge in [0.05, 0.1) is 24.3 Å². The molecule has 0 radical (unpaired) electrons. The molecule has 1 N–H and O–H groups in total. The normalized spacial score (nSPS) is 20.3. The summed E-state index contributed by atoms with van der Waals surface area (Å²) in [7, 11) is 0. The Kier molecular flexibility index (Phi) is 3.97. The lowest BCUT2D eigenvalue weighted by molar-refractivity contribution is -0.131. The number of carbonyl (C=O) groups is 1. The molecule has 0 aliphatic carbocycles. The minimum absolute atomic E-state index is 0.116. The number of aliphatic hydroxyl groups excluding tert-OH is 1. The Balaban J connectivity index is 1.57. The maximum atomic E-state index is 13.5. The predicted octanol–water partition coefficient (Wildman–Crippen LogP) is 2.35. The van der Waals surface area contributed by atoms with E-state index in [9.17, 15) is 14.3 Å². The third kappa shape index (κ3) is 3.13. The van der Waals surface area contributed by atoms with Gasteiger partial charge in [0.2, 0.25) is 5.91 Å². The Morgan fingerprint density at radius 2 is 2.16 bits per heavy atom. The van der Waals surface area contributed by atoms with Gasteiger partial charge in [-0.25, -0.2) is 9.37 Å². The number of benzene rings is 1. The molecule has 3 aromatic rings. The van der Waals surface area contributed by atoms with Crippen LogP contribution in [0.5, 0.6) is 0 Å². The fourth-order valence-corrected chi connectivity index (χ4v) is 3.45. The van der Waals surface area contributed by atoms with Crippen molar-refractivity contribution in [1.29, 1.82) is 0 Å². The summed E-state index contributed by atoms with van der Waals surface area (Å²) in [5.74, 6) is -0.458. The van der Waals surface area contributed by atoms with E-state index in [0.717, 1.165) is 5.65 Å². The van der Waals surface area contributed by atoms with E-state index in [4.69, 9.17) is 0 Å². The fraction of sp³-hybridized carbons (Fsp3) is 0.263. The number of amides is 1. The van der Waals surface area contributed by atoms with Crippen LogP contribution in [0.1, 0.15) is 23.7 Å². The molecule has 1 aliphatic rings. The van der Waals surface area contributed by atoms with Crippen molar-refractivity contribution >= 4 is 11.6 Å². The van der Waals surface area contributed by atoms with Crippen molar-refractivity contribution in [3.8, 4) is 0 Å². The van der Waals surface area contributed by atoms with Crippen molar-refractivity contribution in [2.24, 2.45) is 0 Å². The Morgan fingerprint density at radius 1 is 1.28 bits per heavy atom. The van der Waals surface area contributed by atoms with Crippen LogP contribution in [0.4, 0.5) is 4.39 Å². The Bertz CT molecular complexity index is 891. The minimum Gasteiger partial charge on any atom is -0.391 e. The van der Waals surface area contributed by atoms with Crippen LogP contribution in [0.3, 0.4) is 0 Å². The van der Waals surface area contributed by atoms with Gasteiger partial charge in [-0.05, 0) is 36.2 Å². The third-order valence-corrected chi connectivity index (χ3v) is 4.58. The van der Waals surface area contributed by atoms with Gasteiger partial charge in [-0.2, -0.15) is 0 Å². The number of aromatic nitrogens is 2. The summed E-state index contributed by atoms with van der Waals surface area (Å²) in [6.07, 6.45) is 3.68. The van der Waals surface area contributed by atoms with Crippen molar-refractivity contribution in [3.63, 3.8) is 0 Å². The van der Waals surface area contributed by atoms with Gasteiger partial charge in [0, 0.05) is 18.9 Å². The lowest BCUT2D eigenvalue weighted by Crippen LogP contribution is -2.33. The Hall–Kier alpha value is -2.73. The van der Waals surface area contributed by atoms with Gasteiger partial charge < -0.3 is 14.4 Å². The number of halogens is 1. The second-order valence-electron chi connectivity index (χ2n) is 6.38. The Morgan fingerprint density at radius 3 is 2.96 bits per heavy atom. The monoisotopic (exact) mass is 339 g/mol. The van der Waals surface area contributed by atoms with Crippen molar-refractivity contribution in [3.05, 3.63) is 71.9 Å². The van der Waals surface area contributed by atoms with Gasteiger partial charge >= 0.3 is 0 Å². The number of nitrogens with zero attached hydrogens (tertiary/aromatic N) is 3. The number of hydrogen-bond donors (Lipinski definition) is 1. The molecule has 3 heterocycles. The van der Waals surface area contributed by atoms with Crippen LogP contribution in [0.2, 0.25) is 0 Å². The van der Waals surface area contributed by atoms with E-state index in [2.05, 4.69) is 4.98 Å². The quantitative estimate of drug-likeness (QED) is 0.797. The van der Waals surface area contributed by atoms with Gasteiger partial charge in [-0.15, -0.1) is 0 Å². The molecule has 128 valence electrons. The molecule has 0 bridgehead atoms.